The number of hydrogen-bond donors (Lipinski definition) is 1. The fraction of sp³-hybridized carbons (Fsp3) is 0.429. The second-order valence-electron chi connectivity index (χ2n) is 4.57. The van der Waals surface area contributed by atoms with Gasteiger partial charge in [-0.15, -0.1) is 0 Å². The molecule has 1 heterocycles. The molecule has 5 nitrogen and oxygen atoms in total. The quantitative estimate of drug-likeness (QED) is 0.903. The van der Waals surface area contributed by atoms with Crippen LogP contribution in [0.4, 0.5) is 4.79 Å². The van der Waals surface area contributed by atoms with E-state index in [1.807, 2.05) is 31.2 Å². The molecule has 1 aromatic rings. The van der Waals surface area contributed by atoms with Crippen molar-refractivity contribution in [3.05, 3.63) is 29.8 Å². The maximum Gasteiger partial charge on any atom is 0.282 e. The standard InChI is InChI=1S/C14H18N2O3S/c1-10(11-5-3-4-6-12(11)19-2)15-13(17)9-16-7-8-20-14(16)18/h3-6,10H,7-9H2,1-2H3,(H,15,17)/t10-/m0/s1. The Morgan fingerprint density at radius 3 is 2.90 bits per heavy atom. The first-order chi connectivity index (χ1) is 9.61. The van der Waals surface area contributed by atoms with Crippen molar-refractivity contribution in [1.29, 1.82) is 0 Å². The van der Waals surface area contributed by atoms with Gasteiger partial charge in [-0.1, -0.05) is 30.0 Å². The molecule has 1 N–H and O–H groups in total. The Morgan fingerprint density at radius 2 is 2.25 bits per heavy atom. The molecule has 1 aliphatic heterocycles. The topological polar surface area (TPSA) is 58.6 Å². The van der Waals surface area contributed by atoms with Crippen LogP contribution in [0.2, 0.25) is 0 Å². The third kappa shape index (κ3) is 3.45. The third-order valence-electron chi connectivity index (χ3n) is 3.16. The monoisotopic (exact) mass is 294 g/mol. The Bertz CT molecular complexity index is 507. The molecule has 0 saturated carbocycles. The summed E-state index contributed by atoms with van der Waals surface area (Å²) in [6.07, 6.45) is 0. The molecule has 1 saturated heterocycles. The second-order valence-corrected chi connectivity index (χ2v) is 5.61. The van der Waals surface area contributed by atoms with Crippen molar-refractivity contribution in [3.8, 4) is 5.75 Å². The molecular formula is C14H18N2O3S. The van der Waals surface area contributed by atoms with E-state index in [1.54, 1.807) is 12.0 Å². The lowest BCUT2D eigenvalue weighted by Crippen LogP contribution is -2.38. The lowest BCUT2D eigenvalue weighted by atomic mass is 10.1. The summed E-state index contributed by atoms with van der Waals surface area (Å²) in [5.74, 6) is 1.35. The van der Waals surface area contributed by atoms with Gasteiger partial charge in [0.05, 0.1) is 13.2 Å². The van der Waals surface area contributed by atoms with E-state index >= 15 is 0 Å². The molecule has 1 aromatic carbocycles. The van der Waals surface area contributed by atoms with Crippen molar-refractivity contribution in [3.63, 3.8) is 0 Å². The van der Waals surface area contributed by atoms with Crippen molar-refractivity contribution in [1.82, 2.24) is 10.2 Å². The molecule has 1 fully saturated rings. The van der Waals surface area contributed by atoms with E-state index in [0.717, 1.165) is 17.1 Å². The molecule has 0 aliphatic carbocycles. The number of ether oxygens (including phenoxy) is 1. The van der Waals surface area contributed by atoms with E-state index < -0.39 is 0 Å². The molecule has 6 heteroatoms. The lowest BCUT2D eigenvalue weighted by molar-refractivity contribution is -0.122. The van der Waals surface area contributed by atoms with Crippen LogP contribution < -0.4 is 10.1 Å². The molecule has 108 valence electrons. The maximum atomic E-state index is 12.0. The number of nitrogens with zero attached hydrogens (tertiary/aromatic N) is 1. The average Bonchev–Trinajstić information content (AvgIpc) is 2.84. The molecule has 0 spiro atoms. The van der Waals surface area contributed by atoms with Gasteiger partial charge >= 0.3 is 0 Å². The number of carbonyl (C=O) groups excluding carboxylic acids is 2. The third-order valence-corrected chi connectivity index (χ3v) is 4.05. The fourth-order valence-corrected chi connectivity index (χ4v) is 2.96. The van der Waals surface area contributed by atoms with E-state index in [0.29, 0.717) is 6.54 Å². The molecule has 0 radical (unpaired) electrons. The summed E-state index contributed by atoms with van der Waals surface area (Å²) >= 11 is 1.26. The smallest absolute Gasteiger partial charge is 0.282 e. The normalized spacial score (nSPS) is 16.1. The largest absolute Gasteiger partial charge is 0.496 e. The predicted octanol–water partition coefficient (Wildman–Crippen LogP) is 2.04. The van der Waals surface area contributed by atoms with Crippen molar-refractivity contribution < 1.29 is 14.3 Å². The van der Waals surface area contributed by atoms with Gasteiger partial charge in [0.2, 0.25) is 5.91 Å². The van der Waals surface area contributed by atoms with E-state index in [2.05, 4.69) is 5.32 Å². The van der Waals surface area contributed by atoms with Gasteiger partial charge in [0, 0.05) is 17.9 Å². The zero-order chi connectivity index (χ0) is 14.5. The predicted molar refractivity (Wildman–Crippen MR) is 79.0 cm³/mol. The Labute approximate surface area is 122 Å². The van der Waals surface area contributed by atoms with Gasteiger partial charge in [-0.3, -0.25) is 9.59 Å². The van der Waals surface area contributed by atoms with Crippen LogP contribution in [0.15, 0.2) is 24.3 Å². The summed E-state index contributed by atoms with van der Waals surface area (Å²) in [6.45, 7) is 2.65. The number of para-hydroxylation sites is 1. The number of amides is 2. The van der Waals surface area contributed by atoms with Gasteiger partial charge in [-0.25, -0.2) is 0 Å². The summed E-state index contributed by atoms with van der Waals surface area (Å²) in [5, 5.41) is 2.87. The highest BCUT2D eigenvalue weighted by Gasteiger charge is 2.24. The van der Waals surface area contributed by atoms with E-state index in [-0.39, 0.29) is 23.7 Å². The number of hydrogen-bond acceptors (Lipinski definition) is 4. The number of benzene rings is 1. The molecule has 2 amide bonds. The van der Waals surface area contributed by atoms with Crippen LogP contribution >= 0.6 is 11.8 Å². The minimum Gasteiger partial charge on any atom is -0.496 e. The zero-order valence-corrected chi connectivity index (χ0v) is 12.4. The lowest BCUT2D eigenvalue weighted by Gasteiger charge is -2.19. The summed E-state index contributed by atoms with van der Waals surface area (Å²) in [5.41, 5.74) is 0.922. The van der Waals surface area contributed by atoms with Gasteiger partial charge in [0.25, 0.3) is 5.24 Å². The second kappa shape index (κ2) is 6.65. The van der Waals surface area contributed by atoms with Crippen LogP contribution in [0.25, 0.3) is 0 Å². The Morgan fingerprint density at radius 1 is 1.50 bits per heavy atom. The highest BCUT2D eigenvalue weighted by molar-refractivity contribution is 8.13. The summed E-state index contributed by atoms with van der Waals surface area (Å²) in [4.78, 5) is 25.0. The first kappa shape index (κ1) is 14.7. The van der Waals surface area contributed by atoms with Crippen molar-refractivity contribution in [2.75, 3.05) is 26.0 Å². The van der Waals surface area contributed by atoms with Crippen LogP contribution in [0.3, 0.4) is 0 Å². The highest BCUT2D eigenvalue weighted by Crippen LogP contribution is 2.24. The van der Waals surface area contributed by atoms with E-state index in [1.165, 1.54) is 11.8 Å². The van der Waals surface area contributed by atoms with Crippen LogP contribution in [0, 0.1) is 0 Å². The van der Waals surface area contributed by atoms with Crippen LogP contribution in [-0.4, -0.2) is 42.0 Å². The van der Waals surface area contributed by atoms with Gasteiger partial charge < -0.3 is 15.0 Å². The molecule has 2 rings (SSSR count). The van der Waals surface area contributed by atoms with Crippen LogP contribution in [0.5, 0.6) is 5.75 Å². The zero-order valence-electron chi connectivity index (χ0n) is 11.6. The van der Waals surface area contributed by atoms with E-state index in [9.17, 15) is 9.59 Å². The fourth-order valence-electron chi connectivity index (χ4n) is 2.13. The first-order valence-electron chi connectivity index (χ1n) is 6.46. The maximum absolute atomic E-state index is 12.0. The Hall–Kier alpha value is -1.69. The minimum absolute atomic E-state index is 0.0231. The van der Waals surface area contributed by atoms with Crippen LogP contribution in [-0.2, 0) is 4.79 Å². The van der Waals surface area contributed by atoms with Gasteiger partial charge in [-0.05, 0) is 13.0 Å². The number of carbonyl (C=O) groups is 2. The number of rotatable bonds is 5. The molecular weight excluding hydrogens is 276 g/mol. The van der Waals surface area contributed by atoms with Crippen LogP contribution in [0.1, 0.15) is 18.5 Å². The summed E-state index contributed by atoms with van der Waals surface area (Å²) < 4.78 is 5.28. The molecule has 20 heavy (non-hydrogen) atoms. The Balaban J connectivity index is 1.95. The van der Waals surface area contributed by atoms with Gasteiger partial charge in [0.1, 0.15) is 12.3 Å². The van der Waals surface area contributed by atoms with Crippen molar-refractivity contribution in [2.24, 2.45) is 0 Å². The molecule has 0 unspecified atom stereocenters. The number of thioether (sulfide) groups is 1. The van der Waals surface area contributed by atoms with E-state index in [4.69, 9.17) is 4.74 Å². The summed E-state index contributed by atoms with van der Waals surface area (Å²) in [7, 11) is 1.60. The summed E-state index contributed by atoms with van der Waals surface area (Å²) in [6, 6.07) is 7.40. The SMILES string of the molecule is COc1ccccc1[C@H](C)NC(=O)CN1CCSC1=O. The van der Waals surface area contributed by atoms with Gasteiger partial charge in [-0.2, -0.15) is 0 Å². The minimum atomic E-state index is -0.163. The first-order valence-corrected chi connectivity index (χ1v) is 7.44. The van der Waals surface area contributed by atoms with Gasteiger partial charge in [0.15, 0.2) is 0 Å². The molecule has 0 bridgehead atoms. The Kier molecular flexibility index (Phi) is 4.89. The molecule has 0 aromatic heterocycles. The number of nitrogens with one attached hydrogen (secondary N) is 1. The average molecular weight is 294 g/mol. The van der Waals surface area contributed by atoms with Crippen molar-refractivity contribution in [2.45, 2.75) is 13.0 Å². The van der Waals surface area contributed by atoms with Crippen molar-refractivity contribution >= 4 is 22.9 Å². The molecule has 1 atom stereocenters. The number of methoxy groups -OCH3 is 1. The molecule has 1 aliphatic rings. The highest BCUT2D eigenvalue weighted by atomic mass is 32.2.